The van der Waals surface area contributed by atoms with Gasteiger partial charge >= 0.3 is 5.97 Å². The maximum atomic E-state index is 10.5. The van der Waals surface area contributed by atoms with Crippen LogP contribution in [0.25, 0.3) is 0 Å². The summed E-state index contributed by atoms with van der Waals surface area (Å²) in [6.07, 6.45) is 9.21. The monoisotopic (exact) mass is 212 g/mol. The average molecular weight is 212 g/mol. The van der Waals surface area contributed by atoms with E-state index in [2.05, 4.69) is 13.8 Å². The van der Waals surface area contributed by atoms with E-state index in [-0.39, 0.29) is 5.41 Å². The van der Waals surface area contributed by atoms with Crippen LogP contribution in [-0.4, -0.2) is 11.1 Å². The second kappa shape index (κ2) is 5.53. The van der Waals surface area contributed by atoms with Crippen LogP contribution in [0.5, 0.6) is 0 Å². The molecule has 1 aliphatic carbocycles. The van der Waals surface area contributed by atoms with Crippen molar-refractivity contribution in [1.82, 2.24) is 0 Å². The van der Waals surface area contributed by atoms with Crippen molar-refractivity contribution in [2.75, 3.05) is 0 Å². The Labute approximate surface area is 93.1 Å². The summed E-state index contributed by atoms with van der Waals surface area (Å²) in [7, 11) is 0. The van der Waals surface area contributed by atoms with Crippen LogP contribution in [0.3, 0.4) is 0 Å². The number of carboxylic acids is 1. The van der Waals surface area contributed by atoms with Gasteiger partial charge in [-0.25, -0.2) is 0 Å². The Morgan fingerprint density at radius 2 is 1.87 bits per heavy atom. The minimum atomic E-state index is -0.660. The lowest BCUT2D eigenvalue weighted by atomic mass is 9.74. The van der Waals surface area contributed by atoms with E-state index in [0.29, 0.717) is 6.42 Å². The van der Waals surface area contributed by atoms with Crippen molar-refractivity contribution in [2.24, 2.45) is 11.3 Å². The maximum Gasteiger partial charge on any atom is 0.303 e. The Balaban J connectivity index is 2.29. The van der Waals surface area contributed by atoms with E-state index in [0.717, 1.165) is 12.3 Å². The van der Waals surface area contributed by atoms with Crippen LogP contribution in [0, 0.1) is 11.3 Å². The molecule has 1 saturated carbocycles. The van der Waals surface area contributed by atoms with Gasteiger partial charge in [0.25, 0.3) is 0 Å². The molecule has 0 heterocycles. The summed E-state index contributed by atoms with van der Waals surface area (Å²) in [5.41, 5.74) is 0.209. The smallest absolute Gasteiger partial charge is 0.303 e. The Morgan fingerprint density at radius 1 is 1.27 bits per heavy atom. The van der Waals surface area contributed by atoms with Gasteiger partial charge in [-0.05, 0) is 24.2 Å². The van der Waals surface area contributed by atoms with Gasteiger partial charge in [0, 0.05) is 6.42 Å². The molecule has 0 aliphatic heterocycles. The molecule has 0 unspecified atom stereocenters. The highest BCUT2D eigenvalue weighted by Crippen LogP contribution is 2.37. The lowest BCUT2D eigenvalue weighted by Crippen LogP contribution is -2.20. The van der Waals surface area contributed by atoms with E-state index >= 15 is 0 Å². The highest BCUT2D eigenvalue weighted by atomic mass is 16.4. The summed E-state index contributed by atoms with van der Waals surface area (Å²) in [6.45, 7) is 4.43. The third-order valence-corrected chi connectivity index (χ3v) is 3.58. The number of rotatable bonds is 5. The summed E-state index contributed by atoms with van der Waals surface area (Å²) in [4.78, 5) is 10.5. The topological polar surface area (TPSA) is 37.3 Å². The van der Waals surface area contributed by atoms with Gasteiger partial charge in [0.1, 0.15) is 0 Å². The van der Waals surface area contributed by atoms with Crippen molar-refractivity contribution in [3.8, 4) is 0 Å². The molecular weight excluding hydrogens is 188 g/mol. The molecule has 0 radical (unpaired) electrons. The maximum absolute atomic E-state index is 10.5. The van der Waals surface area contributed by atoms with Crippen molar-refractivity contribution in [1.29, 1.82) is 0 Å². The minimum absolute atomic E-state index is 0.209. The van der Waals surface area contributed by atoms with Gasteiger partial charge in [0.05, 0.1) is 0 Å². The fourth-order valence-corrected chi connectivity index (χ4v) is 2.72. The molecule has 1 fully saturated rings. The zero-order chi connectivity index (χ0) is 11.3. The highest BCUT2D eigenvalue weighted by Gasteiger charge is 2.25. The lowest BCUT2D eigenvalue weighted by Gasteiger charge is -2.31. The number of aliphatic carboxylic acids is 1. The lowest BCUT2D eigenvalue weighted by molar-refractivity contribution is -0.137. The first kappa shape index (κ1) is 12.5. The first-order chi connectivity index (χ1) is 6.99. The SMILES string of the molecule is CC(C)(CCC(=O)O)CC1CCCCC1. The van der Waals surface area contributed by atoms with Crippen molar-refractivity contribution in [3.63, 3.8) is 0 Å². The fraction of sp³-hybridized carbons (Fsp3) is 0.923. The molecule has 0 bridgehead atoms. The molecule has 88 valence electrons. The minimum Gasteiger partial charge on any atom is -0.481 e. The molecule has 0 aromatic heterocycles. The summed E-state index contributed by atoms with van der Waals surface area (Å²) in [5, 5.41) is 8.68. The van der Waals surface area contributed by atoms with E-state index in [9.17, 15) is 4.79 Å². The Morgan fingerprint density at radius 3 is 2.40 bits per heavy atom. The van der Waals surface area contributed by atoms with Crippen LogP contribution in [0.15, 0.2) is 0 Å². The second-order valence-corrected chi connectivity index (χ2v) is 5.77. The zero-order valence-electron chi connectivity index (χ0n) is 10.1. The molecular formula is C13H24O2. The predicted octanol–water partition coefficient (Wildman–Crippen LogP) is 3.85. The van der Waals surface area contributed by atoms with Crippen LogP contribution in [0.2, 0.25) is 0 Å². The first-order valence-corrected chi connectivity index (χ1v) is 6.21. The van der Waals surface area contributed by atoms with Gasteiger partial charge in [0.2, 0.25) is 0 Å². The van der Waals surface area contributed by atoms with Gasteiger partial charge in [-0.15, -0.1) is 0 Å². The van der Waals surface area contributed by atoms with Crippen LogP contribution >= 0.6 is 0 Å². The van der Waals surface area contributed by atoms with Gasteiger partial charge in [-0.2, -0.15) is 0 Å². The van der Waals surface area contributed by atoms with Crippen molar-refractivity contribution in [2.45, 2.75) is 65.2 Å². The predicted molar refractivity (Wildman–Crippen MR) is 61.8 cm³/mol. The zero-order valence-corrected chi connectivity index (χ0v) is 10.1. The third-order valence-electron chi connectivity index (χ3n) is 3.58. The van der Waals surface area contributed by atoms with E-state index < -0.39 is 5.97 Å². The second-order valence-electron chi connectivity index (χ2n) is 5.77. The first-order valence-electron chi connectivity index (χ1n) is 6.21. The van der Waals surface area contributed by atoms with E-state index in [1.54, 1.807) is 0 Å². The standard InChI is InChI=1S/C13H24O2/c1-13(2,9-8-12(14)15)10-11-6-4-3-5-7-11/h11H,3-10H2,1-2H3,(H,14,15). The van der Waals surface area contributed by atoms with Gasteiger partial charge < -0.3 is 5.11 Å². The number of hydrogen-bond acceptors (Lipinski definition) is 1. The van der Waals surface area contributed by atoms with Crippen LogP contribution in [0.1, 0.15) is 65.2 Å². The molecule has 15 heavy (non-hydrogen) atoms. The summed E-state index contributed by atoms with van der Waals surface area (Å²) in [5.74, 6) is 0.189. The van der Waals surface area contributed by atoms with E-state index in [4.69, 9.17) is 5.11 Å². The Hall–Kier alpha value is -0.530. The molecule has 1 N–H and O–H groups in total. The van der Waals surface area contributed by atoms with E-state index in [1.165, 1.54) is 38.5 Å². The highest BCUT2D eigenvalue weighted by molar-refractivity contribution is 5.66. The van der Waals surface area contributed by atoms with Gasteiger partial charge in [0.15, 0.2) is 0 Å². The molecule has 0 atom stereocenters. The van der Waals surface area contributed by atoms with Crippen LogP contribution in [-0.2, 0) is 4.79 Å². The molecule has 0 spiro atoms. The van der Waals surface area contributed by atoms with E-state index in [1.807, 2.05) is 0 Å². The van der Waals surface area contributed by atoms with Crippen molar-refractivity contribution < 1.29 is 9.90 Å². The van der Waals surface area contributed by atoms with Crippen LogP contribution < -0.4 is 0 Å². The Kier molecular flexibility index (Phi) is 4.62. The average Bonchev–Trinajstić information content (AvgIpc) is 2.16. The number of hydrogen-bond donors (Lipinski definition) is 1. The molecule has 0 aromatic rings. The summed E-state index contributed by atoms with van der Waals surface area (Å²) in [6, 6.07) is 0. The van der Waals surface area contributed by atoms with Crippen molar-refractivity contribution >= 4 is 5.97 Å². The summed E-state index contributed by atoms with van der Waals surface area (Å²) < 4.78 is 0. The molecule has 1 aliphatic rings. The number of carboxylic acid groups (broad SMARTS) is 1. The van der Waals surface area contributed by atoms with Gasteiger partial charge in [-0.3, -0.25) is 4.79 Å². The van der Waals surface area contributed by atoms with Gasteiger partial charge in [-0.1, -0.05) is 46.0 Å². The third kappa shape index (κ3) is 5.19. The largest absolute Gasteiger partial charge is 0.481 e. The molecule has 1 rings (SSSR count). The molecule has 2 nitrogen and oxygen atoms in total. The molecule has 0 amide bonds. The summed E-state index contributed by atoms with van der Waals surface area (Å²) >= 11 is 0. The number of carbonyl (C=O) groups is 1. The molecule has 0 saturated heterocycles. The van der Waals surface area contributed by atoms with Crippen LogP contribution in [0.4, 0.5) is 0 Å². The normalized spacial score (nSPS) is 19.1. The van der Waals surface area contributed by atoms with Crippen molar-refractivity contribution in [3.05, 3.63) is 0 Å². The fourth-order valence-electron chi connectivity index (χ4n) is 2.72. The molecule has 2 heteroatoms. The quantitative estimate of drug-likeness (QED) is 0.751. The Bertz CT molecular complexity index is 203. The molecule has 0 aromatic carbocycles.